The third kappa shape index (κ3) is 3.03. The first kappa shape index (κ1) is 13.6. The van der Waals surface area contributed by atoms with Gasteiger partial charge in [-0.3, -0.25) is 0 Å². The molecular weight excluding hydrogens is 259 g/mol. The van der Waals surface area contributed by atoms with Crippen LogP contribution in [-0.2, 0) is 10.9 Å². The van der Waals surface area contributed by atoms with Crippen molar-refractivity contribution in [2.75, 3.05) is 6.61 Å². The second kappa shape index (κ2) is 4.83. The number of hydrogen-bond donors (Lipinski definition) is 1. The Balaban J connectivity index is 0.00000144. The SMILES string of the molecule is Cl.O=C1N[C@@H](c2cccc(C(F)(F)F)c2)CO1. The van der Waals surface area contributed by atoms with Gasteiger partial charge >= 0.3 is 12.3 Å². The molecule has 1 aliphatic rings. The van der Waals surface area contributed by atoms with Crippen molar-refractivity contribution < 1.29 is 22.7 Å². The number of ether oxygens (including phenoxy) is 1. The average Bonchev–Trinajstić information content (AvgIpc) is 2.64. The number of hydrogen-bond acceptors (Lipinski definition) is 2. The molecule has 1 saturated heterocycles. The average molecular weight is 268 g/mol. The van der Waals surface area contributed by atoms with Gasteiger partial charge in [0.25, 0.3) is 0 Å². The van der Waals surface area contributed by atoms with Gasteiger partial charge in [0, 0.05) is 0 Å². The van der Waals surface area contributed by atoms with Crippen LogP contribution < -0.4 is 5.32 Å². The highest BCUT2D eigenvalue weighted by molar-refractivity contribution is 5.85. The number of rotatable bonds is 1. The van der Waals surface area contributed by atoms with Crippen molar-refractivity contribution in [3.8, 4) is 0 Å². The third-order valence-corrected chi connectivity index (χ3v) is 2.29. The van der Waals surface area contributed by atoms with Crippen molar-refractivity contribution in [1.29, 1.82) is 0 Å². The third-order valence-electron chi connectivity index (χ3n) is 2.29. The number of cyclic esters (lactones) is 1. The summed E-state index contributed by atoms with van der Waals surface area (Å²) in [5.74, 6) is 0. The van der Waals surface area contributed by atoms with Gasteiger partial charge in [0.1, 0.15) is 6.61 Å². The topological polar surface area (TPSA) is 38.3 Å². The largest absolute Gasteiger partial charge is 0.447 e. The van der Waals surface area contributed by atoms with Crippen molar-refractivity contribution in [2.45, 2.75) is 12.2 Å². The lowest BCUT2D eigenvalue weighted by Gasteiger charge is -2.11. The van der Waals surface area contributed by atoms with Crippen molar-refractivity contribution >= 4 is 18.5 Å². The molecular formula is C10H9ClF3NO2. The Morgan fingerprint density at radius 1 is 1.35 bits per heavy atom. The van der Waals surface area contributed by atoms with Gasteiger partial charge in [-0.15, -0.1) is 12.4 Å². The van der Waals surface area contributed by atoms with Gasteiger partial charge in [0.05, 0.1) is 11.6 Å². The fraction of sp³-hybridized carbons (Fsp3) is 0.300. The number of amides is 1. The lowest BCUT2D eigenvalue weighted by atomic mass is 10.0. The fourth-order valence-corrected chi connectivity index (χ4v) is 1.50. The summed E-state index contributed by atoms with van der Waals surface area (Å²) >= 11 is 0. The minimum Gasteiger partial charge on any atom is -0.447 e. The molecule has 1 atom stereocenters. The minimum atomic E-state index is -4.38. The van der Waals surface area contributed by atoms with E-state index in [1.165, 1.54) is 12.1 Å². The highest BCUT2D eigenvalue weighted by Crippen LogP contribution is 2.31. The number of nitrogens with one attached hydrogen (secondary N) is 1. The van der Waals surface area contributed by atoms with E-state index in [1.807, 2.05) is 0 Å². The van der Waals surface area contributed by atoms with E-state index in [-0.39, 0.29) is 19.0 Å². The van der Waals surface area contributed by atoms with E-state index >= 15 is 0 Å². The fourth-order valence-electron chi connectivity index (χ4n) is 1.50. The smallest absolute Gasteiger partial charge is 0.416 e. The molecule has 0 radical (unpaired) electrons. The normalized spacial score (nSPS) is 19.2. The molecule has 2 rings (SSSR count). The summed E-state index contributed by atoms with van der Waals surface area (Å²) in [6, 6.07) is 4.33. The van der Waals surface area contributed by atoms with E-state index in [1.54, 1.807) is 0 Å². The van der Waals surface area contributed by atoms with Crippen LogP contribution in [0.2, 0.25) is 0 Å². The monoisotopic (exact) mass is 267 g/mol. The zero-order valence-electron chi connectivity index (χ0n) is 8.45. The Bertz CT molecular complexity index is 422. The zero-order chi connectivity index (χ0) is 11.8. The highest BCUT2D eigenvalue weighted by atomic mass is 35.5. The Kier molecular flexibility index (Phi) is 3.87. The van der Waals surface area contributed by atoms with Gasteiger partial charge in [-0.25, -0.2) is 4.79 Å². The molecule has 1 heterocycles. The molecule has 0 spiro atoms. The van der Waals surface area contributed by atoms with Crippen LogP contribution in [-0.4, -0.2) is 12.7 Å². The van der Waals surface area contributed by atoms with Crippen LogP contribution in [0.5, 0.6) is 0 Å². The maximum atomic E-state index is 12.4. The first-order valence-electron chi connectivity index (χ1n) is 4.57. The molecule has 1 N–H and O–H groups in total. The second-order valence-electron chi connectivity index (χ2n) is 3.42. The quantitative estimate of drug-likeness (QED) is 0.850. The van der Waals surface area contributed by atoms with Gasteiger partial charge in [-0.1, -0.05) is 12.1 Å². The molecule has 0 aliphatic carbocycles. The number of alkyl carbamates (subject to hydrolysis) is 1. The van der Waals surface area contributed by atoms with Crippen molar-refractivity contribution in [3.63, 3.8) is 0 Å². The molecule has 1 aliphatic heterocycles. The second-order valence-corrected chi connectivity index (χ2v) is 3.42. The molecule has 0 saturated carbocycles. The highest BCUT2D eigenvalue weighted by Gasteiger charge is 2.32. The van der Waals surface area contributed by atoms with Gasteiger partial charge in [0.2, 0.25) is 0 Å². The molecule has 7 heteroatoms. The Morgan fingerprint density at radius 3 is 2.59 bits per heavy atom. The molecule has 3 nitrogen and oxygen atoms in total. The number of benzene rings is 1. The Hall–Kier alpha value is -1.43. The summed E-state index contributed by atoms with van der Waals surface area (Å²) in [6.07, 6.45) is -4.98. The molecule has 0 bridgehead atoms. The maximum Gasteiger partial charge on any atom is 0.416 e. The number of alkyl halides is 3. The van der Waals surface area contributed by atoms with Crippen LogP contribution in [0.4, 0.5) is 18.0 Å². The number of carbonyl (C=O) groups is 1. The molecule has 17 heavy (non-hydrogen) atoms. The molecule has 94 valence electrons. The Labute approximate surface area is 101 Å². The lowest BCUT2D eigenvalue weighted by Crippen LogP contribution is -2.18. The number of halogens is 4. The van der Waals surface area contributed by atoms with Crippen molar-refractivity contribution in [2.24, 2.45) is 0 Å². The molecule has 1 aromatic carbocycles. The predicted molar refractivity (Wildman–Crippen MR) is 55.9 cm³/mol. The van der Waals surface area contributed by atoms with E-state index < -0.39 is 23.9 Å². The minimum absolute atomic E-state index is 0. The van der Waals surface area contributed by atoms with Gasteiger partial charge < -0.3 is 10.1 Å². The molecule has 0 aromatic heterocycles. The van der Waals surface area contributed by atoms with Crippen LogP contribution in [0.15, 0.2) is 24.3 Å². The van der Waals surface area contributed by atoms with E-state index in [0.29, 0.717) is 5.56 Å². The standard InChI is InChI=1S/C10H8F3NO2.ClH/c11-10(12,13)7-3-1-2-6(4-7)8-5-16-9(15)14-8;/h1-4,8H,5H2,(H,14,15);1H/t8-;/m1./s1. The van der Waals surface area contributed by atoms with Gasteiger partial charge in [-0.2, -0.15) is 13.2 Å². The maximum absolute atomic E-state index is 12.4. The Morgan fingerprint density at radius 2 is 2.06 bits per heavy atom. The van der Waals surface area contributed by atoms with Crippen LogP contribution in [0.1, 0.15) is 17.2 Å². The molecule has 1 aromatic rings. The van der Waals surface area contributed by atoms with Crippen LogP contribution in [0.25, 0.3) is 0 Å². The summed E-state index contributed by atoms with van der Waals surface area (Å²) in [5, 5.41) is 2.42. The predicted octanol–water partition coefficient (Wildman–Crippen LogP) is 2.91. The molecule has 1 amide bonds. The van der Waals surface area contributed by atoms with Crippen LogP contribution >= 0.6 is 12.4 Å². The summed E-state index contributed by atoms with van der Waals surface area (Å²) in [7, 11) is 0. The van der Waals surface area contributed by atoms with Crippen molar-refractivity contribution in [1.82, 2.24) is 5.32 Å². The van der Waals surface area contributed by atoms with Gasteiger partial charge in [-0.05, 0) is 17.7 Å². The van der Waals surface area contributed by atoms with Gasteiger partial charge in [0.15, 0.2) is 0 Å². The summed E-state index contributed by atoms with van der Waals surface area (Å²) in [5.41, 5.74) is -0.341. The van der Waals surface area contributed by atoms with E-state index in [9.17, 15) is 18.0 Å². The van der Waals surface area contributed by atoms with E-state index in [2.05, 4.69) is 10.1 Å². The summed E-state index contributed by atoms with van der Waals surface area (Å²) < 4.78 is 41.9. The molecule has 1 fully saturated rings. The first-order chi connectivity index (χ1) is 7.47. The van der Waals surface area contributed by atoms with E-state index in [0.717, 1.165) is 12.1 Å². The summed E-state index contributed by atoms with van der Waals surface area (Å²) in [6.45, 7) is 0.0557. The van der Waals surface area contributed by atoms with Crippen molar-refractivity contribution in [3.05, 3.63) is 35.4 Å². The zero-order valence-corrected chi connectivity index (χ0v) is 9.27. The summed E-state index contributed by atoms with van der Waals surface area (Å²) in [4.78, 5) is 10.8. The van der Waals surface area contributed by atoms with E-state index in [4.69, 9.17) is 0 Å². The molecule has 0 unspecified atom stereocenters. The lowest BCUT2D eigenvalue weighted by molar-refractivity contribution is -0.137. The van der Waals surface area contributed by atoms with Crippen LogP contribution in [0, 0.1) is 0 Å². The first-order valence-corrected chi connectivity index (χ1v) is 4.57. The van der Waals surface area contributed by atoms with Crippen LogP contribution in [0.3, 0.4) is 0 Å². The number of carbonyl (C=O) groups excluding carboxylic acids is 1.